The molecule has 7 nitrogen and oxygen atoms in total. The maximum Gasteiger partial charge on any atom is 0.247 e. The minimum atomic E-state index is -0.00481. The second kappa shape index (κ2) is 7.71. The topological polar surface area (TPSA) is 86.8 Å². The van der Waals surface area contributed by atoms with Crippen LogP contribution in [0, 0.1) is 6.92 Å². The number of aromatic amines is 1. The predicted molar refractivity (Wildman–Crippen MR) is 106 cm³/mol. The molecule has 1 aliphatic heterocycles. The Kier molecular flexibility index (Phi) is 4.97. The van der Waals surface area contributed by atoms with Crippen molar-refractivity contribution in [2.75, 3.05) is 11.9 Å². The van der Waals surface area contributed by atoms with E-state index in [1.807, 2.05) is 35.5 Å². The molecular weight excluding hydrogens is 360 g/mol. The molecule has 138 valence electrons. The van der Waals surface area contributed by atoms with Crippen LogP contribution in [0.1, 0.15) is 35.8 Å². The summed E-state index contributed by atoms with van der Waals surface area (Å²) in [4.78, 5) is 30.4. The van der Waals surface area contributed by atoms with Crippen molar-refractivity contribution in [1.82, 2.24) is 24.8 Å². The third-order valence-corrected chi connectivity index (χ3v) is 5.25. The summed E-state index contributed by atoms with van der Waals surface area (Å²) in [5.41, 5.74) is 2.85. The van der Waals surface area contributed by atoms with Gasteiger partial charge in [-0.1, -0.05) is 6.07 Å². The van der Waals surface area contributed by atoms with Crippen molar-refractivity contribution in [1.29, 1.82) is 0 Å². The van der Waals surface area contributed by atoms with Gasteiger partial charge in [0, 0.05) is 24.2 Å². The van der Waals surface area contributed by atoms with Gasteiger partial charge in [0.25, 0.3) is 0 Å². The molecule has 0 saturated carbocycles. The van der Waals surface area contributed by atoms with Crippen molar-refractivity contribution in [3.63, 3.8) is 0 Å². The molecule has 1 fully saturated rings. The second-order valence-corrected chi connectivity index (χ2v) is 7.31. The van der Waals surface area contributed by atoms with Gasteiger partial charge in [0.15, 0.2) is 5.13 Å². The van der Waals surface area contributed by atoms with E-state index in [0.29, 0.717) is 0 Å². The van der Waals surface area contributed by atoms with Gasteiger partial charge in [0.1, 0.15) is 5.82 Å². The van der Waals surface area contributed by atoms with Crippen molar-refractivity contribution in [3.05, 3.63) is 59.3 Å². The minimum Gasteiger partial charge on any atom is -0.345 e. The van der Waals surface area contributed by atoms with Crippen LogP contribution in [0.3, 0.4) is 0 Å². The zero-order valence-electron chi connectivity index (χ0n) is 14.9. The normalized spacial score (nSPS) is 16.9. The van der Waals surface area contributed by atoms with E-state index in [1.165, 1.54) is 11.3 Å². The predicted octanol–water partition coefficient (Wildman–Crippen LogP) is 3.69. The molecule has 3 aromatic rings. The summed E-state index contributed by atoms with van der Waals surface area (Å²) in [6.45, 7) is 2.75. The third-order valence-electron chi connectivity index (χ3n) is 4.47. The second-order valence-electron chi connectivity index (χ2n) is 6.45. The first-order valence-electron chi connectivity index (χ1n) is 8.81. The van der Waals surface area contributed by atoms with Crippen molar-refractivity contribution < 1.29 is 4.79 Å². The van der Waals surface area contributed by atoms with Crippen molar-refractivity contribution in [2.45, 2.75) is 25.8 Å². The van der Waals surface area contributed by atoms with Crippen LogP contribution >= 0.6 is 11.3 Å². The molecule has 3 aromatic heterocycles. The van der Waals surface area contributed by atoms with Gasteiger partial charge in [-0.2, -0.15) is 0 Å². The van der Waals surface area contributed by atoms with Crippen molar-refractivity contribution in [2.24, 2.45) is 0 Å². The van der Waals surface area contributed by atoms with Gasteiger partial charge in [-0.3, -0.25) is 4.79 Å². The number of H-pyrrole nitrogens is 1. The Hall–Kier alpha value is -3.00. The molecule has 0 aliphatic carbocycles. The number of hydrogen-bond acceptors (Lipinski definition) is 6. The number of nitrogens with zero attached hydrogens (tertiary/aromatic N) is 4. The number of amides is 1. The van der Waals surface area contributed by atoms with E-state index in [0.717, 1.165) is 47.3 Å². The van der Waals surface area contributed by atoms with Crippen LogP contribution in [0.4, 0.5) is 10.9 Å². The number of anilines is 2. The van der Waals surface area contributed by atoms with Gasteiger partial charge in [0.05, 0.1) is 30.0 Å². The minimum absolute atomic E-state index is 0.00481. The molecule has 0 bridgehead atoms. The third kappa shape index (κ3) is 4.06. The SMILES string of the molecule is Cc1ccc(Nc2nc(C3CCCN3C(=O)/C=C/c3cnc[nH]3)cs2)nc1. The molecule has 27 heavy (non-hydrogen) atoms. The Morgan fingerprint density at radius 2 is 2.33 bits per heavy atom. The Morgan fingerprint density at radius 1 is 1.41 bits per heavy atom. The van der Waals surface area contributed by atoms with Crippen molar-refractivity contribution in [3.8, 4) is 0 Å². The summed E-state index contributed by atoms with van der Waals surface area (Å²) in [6.07, 6.45) is 10.3. The number of pyridine rings is 1. The van der Waals surface area contributed by atoms with Crippen LogP contribution in [0.15, 0.2) is 42.3 Å². The zero-order chi connectivity index (χ0) is 18.6. The van der Waals surface area contributed by atoms with E-state index in [1.54, 1.807) is 24.7 Å². The molecule has 1 saturated heterocycles. The lowest BCUT2D eigenvalue weighted by molar-refractivity contribution is -0.126. The van der Waals surface area contributed by atoms with Crippen LogP contribution in [-0.4, -0.2) is 37.3 Å². The Morgan fingerprint density at radius 3 is 3.11 bits per heavy atom. The average Bonchev–Trinajstić information content (AvgIpc) is 3.43. The molecule has 1 unspecified atom stereocenters. The number of aryl methyl sites for hydroxylation is 1. The number of aromatic nitrogens is 4. The van der Waals surface area contributed by atoms with Gasteiger partial charge >= 0.3 is 0 Å². The van der Waals surface area contributed by atoms with Gasteiger partial charge in [-0.25, -0.2) is 15.0 Å². The maximum atomic E-state index is 12.6. The number of carbonyl (C=O) groups excluding carboxylic acids is 1. The number of carbonyl (C=O) groups is 1. The Bertz CT molecular complexity index is 932. The fourth-order valence-corrected chi connectivity index (χ4v) is 3.86. The summed E-state index contributed by atoms with van der Waals surface area (Å²) in [7, 11) is 0. The monoisotopic (exact) mass is 380 g/mol. The van der Waals surface area contributed by atoms with E-state index in [9.17, 15) is 4.79 Å². The number of thiazole rings is 1. The van der Waals surface area contributed by atoms with E-state index >= 15 is 0 Å². The van der Waals surface area contributed by atoms with Crippen LogP contribution < -0.4 is 5.32 Å². The lowest BCUT2D eigenvalue weighted by Crippen LogP contribution is -2.29. The molecule has 0 aromatic carbocycles. The maximum absolute atomic E-state index is 12.6. The first-order valence-corrected chi connectivity index (χ1v) is 9.69. The number of likely N-dealkylation sites (tertiary alicyclic amines) is 1. The first-order chi connectivity index (χ1) is 13.2. The number of hydrogen-bond donors (Lipinski definition) is 2. The Labute approximate surface area is 161 Å². The number of imidazole rings is 1. The van der Waals surface area contributed by atoms with E-state index in [-0.39, 0.29) is 11.9 Å². The van der Waals surface area contributed by atoms with Crippen molar-refractivity contribution >= 4 is 34.3 Å². The summed E-state index contributed by atoms with van der Waals surface area (Å²) in [6, 6.07) is 3.96. The van der Waals surface area contributed by atoms with Crippen LogP contribution in [0.5, 0.6) is 0 Å². The molecular formula is C19H20N6OS. The van der Waals surface area contributed by atoms with Crippen LogP contribution in [-0.2, 0) is 4.79 Å². The van der Waals surface area contributed by atoms with E-state index in [4.69, 9.17) is 0 Å². The highest BCUT2D eigenvalue weighted by atomic mass is 32.1. The summed E-state index contributed by atoms with van der Waals surface area (Å²) in [5, 5.41) is 6.04. The average molecular weight is 380 g/mol. The molecule has 8 heteroatoms. The lowest BCUT2D eigenvalue weighted by atomic mass is 10.1. The molecule has 2 N–H and O–H groups in total. The van der Waals surface area contributed by atoms with Crippen LogP contribution in [0.2, 0.25) is 0 Å². The summed E-state index contributed by atoms with van der Waals surface area (Å²) >= 11 is 1.53. The highest BCUT2D eigenvalue weighted by molar-refractivity contribution is 7.13. The van der Waals surface area contributed by atoms with Crippen LogP contribution in [0.25, 0.3) is 6.08 Å². The largest absolute Gasteiger partial charge is 0.345 e. The number of rotatable bonds is 5. The molecule has 1 amide bonds. The fourth-order valence-electron chi connectivity index (χ4n) is 3.10. The standard InChI is InChI=1S/C19H20N6OS/c1-13-4-6-17(21-9-13)24-19-23-15(11-27-19)16-3-2-8-25(16)18(26)7-5-14-10-20-12-22-14/h4-7,9-12,16H,2-3,8H2,1H3,(H,20,22)(H,21,23,24)/b7-5+. The molecule has 4 rings (SSSR count). The highest BCUT2D eigenvalue weighted by Gasteiger charge is 2.30. The lowest BCUT2D eigenvalue weighted by Gasteiger charge is -2.21. The fraction of sp³-hybridized carbons (Fsp3) is 0.263. The van der Waals surface area contributed by atoms with E-state index in [2.05, 4.69) is 25.3 Å². The molecule has 1 aliphatic rings. The molecule has 0 spiro atoms. The molecule has 4 heterocycles. The van der Waals surface area contributed by atoms with E-state index < -0.39 is 0 Å². The first kappa shape index (κ1) is 17.4. The van der Waals surface area contributed by atoms with Gasteiger partial charge < -0.3 is 15.2 Å². The smallest absolute Gasteiger partial charge is 0.247 e. The van der Waals surface area contributed by atoms with Gasteiger partial charge in [-0.05, 0) is 37.5 Å². The van der Waals surface area contributed by atoms with Gasteiger partial charge in [-0.15, -0.1) is 11.3 Å². The summed E-state index contributed by atoms with van der Waals surface area (Å²) < 4.78 is 0. The summed E-state index contributed by atoms with van der Waals surface area (Å²) in [5.74, 6) is 0.762. The zero-order valence-corrected chi connectivity index (χ0v) is 15.7. The Balaban J connectivity index is 1.45. The quantitative estimate of drug-likeness (QED) is 0.659. The molecule has 0 radical (unpaired) electrons. The highest BCUT2D eigenvalue weighted by Crippen LogP contribution is 2.34. The number of nitrogens with one attached hydrogen (secondary N) is 2. The molecule has 1 atom stereocenters. The van der Waals surface area contributed by atoms with Gasteiger partial charge in [0.2, 0.25) is 5.91 Å².